The summed E-state index contributed by atoms with van der Waals surface area (Å²) in [6, 6.07) is 24.7. The van der Waals surface area contributed by atoms with Gasteiger partial charge in [-0.2, -0.15) is 0 Å². The molecule has 3 rings (SSSR count). The van der Waals surface area contributed by atoms with Gasteiger partial charge < -0.3 is 29.0 Å². The van der Waals surface area contributed by atoms with Crippen LogP contribution in [0.25, 0.3) is 0 Å². The van der Waals surface area contributed by atoms with Crippen LogP contribution < -0.4 is 9.47 Å². The summed E-state index contributed by atoms with van der Waals surface area (Å²) in [4.78, 5) is 26.0. The summed E-state index contributed by atoms with van der Waals surface area (Å²) in [5, 5.41) is 9.30. The molecule has 1 unspecified atom stereocenters. The number of nitrogens with zero attached hydrogens (tertiary/aromatic N) is 1. The Morgan fingerprint density at radius 2 is 1.51 bits per heavy atom. The zero-order valence-electron chi connectivity index (χ0n) is 24.2. The molecule has 0 bridgehead atoms. The second-order valence-electron chi connectivity index (χ2n) is 9.95. The maximum absolute atomic E-state index is 13.1. The maximum atomic E-state index is 13.1. The van der Waals surface area contributed by atoms with Gasteiger partial charge in [0, 0.05) is 26.2 Å². The Morgan fingerprint density at radius 3 is 2.15 bits per heavy atom. The monoisotopic (exact) mass is 563 g/mol. The van der Waals surface area contributed by atoms with Gasteiger partial charge in [-0.3, -0.25) is 0 Å². The summed E-state index contributed by atoms with van der Waals surface area (Å²) in [5.74, 6) is 0.524. The lowest BCUT2D eigenvalue weighted by atomic mass is 10.0. The van der Waals surface area contributed by atoms with Crippen molar-refractivity contribution < 1.29 is 33.6 Å². The largest absolute Gasteiger partial charge is 0.492 e. The molecule has 0 aromatic heterocycles. The molecule has 0 radical (unpaired) electrons. The molecule has 8 nitrogen and oxygen atoms in total. The summed E-state index contributed by atoms with van der Waals surface area (Å²) in [5.41, 5.74) is 3.11. The number of hydrogen-bond acceptors (Lipinski definition) is 6. The predicted molar refractivity (Wildman–Crippen MR) is 158 cm³/mol. The number of hydrogen-bond donors (Lipinski definition) is 1. The van der Waals surface area contributed by atoms with Crippen molar-refractivity contribution in [2.24, 2.45) is 0 Å². The average molecular weight is 564 g/mol. The topological polar surface area (TPSA) is 94.5 Å². The second-order valence-corrected chi connectivity index (χ2v) is 9.95. The van der Waals surface area contributed by atoms with Crippen molar-refractivity contribution in [1.82, 2.24) is 4.90 Å². The highest BCUT2D eigenvalue weighted by molar-refractivity contribution is 5.72. The predicted octanol–water partition coefficient (Wildman–Crippen LogP) is 6.33. The number of amides is 1. The number of rotatable bonds is 17. The van der Waals surface area contributed by atoms with Gasteiger partial charge >= 0.3 is 12.1 Å². The summed E-state index contributed by atoms with van der Waals surface area (Å²) in [6.07, 6.45) is -0.411. The maximum Gasteiger partial charge on any atom is 0.415 e. The smallest absolute Gasteiger partial charge is 0.415 e. The number of carboxylic acids is 1. The molecule has 1 atom stereocenters. The fourth-order valence-electron chi connectivity index (χ4n) is 4.13. The van der Waals surface area contributed by atoms with Crippen molar-refractivity contribution in [3.63, 3.8) is 0 Å². The minimum Gasteiger partial charge on any atom is -0.492 e. The highest BCUT2D eigenvalue weighted by Gasteiger charge is 2.18. The number of aliphatic carboxylic acids is 1. The third-order valence-electron chi connectivity index (χ3n) is 6.46. The summed E-state index contributed by atoms with van der Waals surface area (Å²) in [7, 11) is 0. The van der Waals surface area contributed by atoms with E-state index in [1.54, 1.807) is 24.0 Å². The molecule has 0 heterocycles. The Labute approximate surface area is 242 Å². The number of carbonyl (C=O) groups excluding carboxylic acids is 1. The normalized spacial score (nSPS) is 11.7. The number of carbonyl (C=O) groups is 2. The molecule has 0 aliphatic carbocycles. The Hall–Kier alpha value is -3.88. The Balaban J connectivity index is 1.53. The highest BCUT2D eigenvalue weighted by Crippen LogP contribution is 2.19. The Kier molecular flexibility index (Phi) is 13.2. The second kappa shape index (κ2) is 17.0. The minimum absolute atomic E-state index is 0.266. The summed E-state index contributed by atoms with van der Waals surface area (Å²) >= 11 is 0. The molecule has 0 aliphatic heterocycles. The van der Waals surface area contributed by atoms with Crippen LogP contribution >= 0.6 is 0 Å². The summed E-state index contributed by atoms with van der Waals surface area (Å²) in [6.45, 7) is 8.40. The van der Waals surface area contributed by atoms with E-state index in [1.807, 2.05) is 66.7 Å². The molecular weight excluding hydrogens is 522 g/mol. The van der Waals surface area contributed by atoms with Crippen LogP contribution in [0.2, 0.25) is 0 Å². The van der Waals surface area contributed by atoms with Crippen LogP contribution in [0.4, 0.5) is 4.79 Å². The Morgan fingerprint density at radius 1 is 0.829 bits per heavy atom. The van der Waals surface area contributed by atoms with Crippen LogP contribution in [0.5, 0.6) is 11.5 Å². The molecule has 0 saturated carbocycles. The van der Waals surface area contributed by atoms with E-state index in [-0.39, 0.29) is 13.0 Å². The van der Waals surface area contributed by atoms with Gasteiger partial charge in [0.15, 0.2) is 6.10 Å². The van der Waals surface area contributed by atoms with E-state index in [0.717, 1.165) is 11.1 Å². The first kappa shape index (κ1) is 31.6. The van der Waals surface area contributed by atoms with Crippen molar-refractivity contribution in [2.75, 3.05) is 32.9 Å². The van der Waals surface area contributed by atoms with Gasteiger partial charge in [-0.05, 0) is 60.2 Å². The van der Waals surface area contributed by atoms with E-state index in [1.165, 1.54) is 5.56 Å². The molecule has 0 aliphatic rings. The highest BCUT2D eigenvalue weighted by atomic mass is 16.6. The lowest BCUT2D eigenvalue weighted by Crippen LogP contribution is -2.38. The van der Waals surface area contributed by atoms with Crippen LogP contribution in [0.1, 0.15) is 49.8 Å². The van der Waals surface area contributed by atoms with Gasteiger partial charge in [0.25, 0.3) is 0 Å². The van der Waals surface area contributed by atoms with Crippen molar-refractivity contribution in [2.45, 2.75) is 52.2 Å². The van der Waals surface area contributed by atoms with Gasteiger partial charge in [-0.25, -0.2) is 9.59 Å². The van der Waals surface area contributed by atoms with Crippen LogP contribution in [-0.4, -0.2) is 61.1 Å². The number of benzene rings is 3. The van der Waals surface area contributed by atoms with Crippen molar-refractivity contribution in [3.8, 4) is 11.5 Å². The van der Waals surface area contributed by atoms with Crippen LogP contribution in [0.3, 0.4) is 0 Å². The van der Waals surface area contributed by atoms with E-state index in [2.05, 4.69) is 13.8 Å². The van der Waals surface area contributed by atoms with E-state index >= 15 is 0 Å². The molecule has 8 heteroatoms. The van der Waals surface area contributed by atoms with Gasteiger partial charge in [-0.1, -0.05) is 68.4 Å². The fourth-order valence-corrected chi connectivity index (χ4v) is 4.13. The molecule has 3 aromatic carbocycles. The summed E-state index contributed by atoms with van der Waals surface area (Å²) < 4.78 is 22.6. The zero-order chi connectivity index (χ0) is 29.5. The molecule has 0 spiro atoms. The van der Waals surface area contributed by atoms with Crippen molar-refractivity contribution >= 4 is 12.1 Å². The lowest BCUT2D eigenvalue weighted by Gasteiger charge is -2.22. The van der Waals surface area contributed by atoms with E-state index in [4.69, 9.17) is 18.9 Å². The van der Waals surface area contributed by atoms with E-state index in [9.17, 15) is 14.7 Å². The molecule has 41 heavy (non-hydrogen) atoms. The van der Waals surface area contributed by atoms with Gasteiger partial charge in [0.1, 0.15) is 18.1 Å². The van der Waals surface area contributed by atoms with Gasteiger partial charge in [0.05, 0.1) is 13.2 Å². The SMILES string of the molecule is CCOC(Cc1ccc(OCCN(CCCOCc2ccccc2)C(=O)Oc2ccc(C(C)C)cc2)cc1)C(=O)O. The fraction of sp³-hybridized carbons (Fsp3) is 0.394. The molecule has 3 aromatic rings. The van der Waals surface area contributed by atoms with Crippen LogP contribution in [0, 0.1) is 0 Å². The third-order valence-corrected chi connectivity index (χ3v) is 6.46. The van der Waals surface area contributed by atoms with Crippen molar-refractivity contribution in [1.29, 1.82) is 0 Å². The number of ether oxygens (including phenoxy) is 4. The minimum atomic E-state index is -0.986. The first-order valence-electron chi connectivity index (χ1n) is 14.1. The molecule has 0 fully saturated rings. The molecule has 1 N–H and O–H groups in total. The van der Waals surface area contributed by atoms with E-state index < -0.39 is 18.2 Å². The first-order valence-corrected chi connectivity index (χ1v) is 14.1. The van der Waals surface area contributed by atoms with E-state index in [0.29, 0.717) is 56.7 Å². The molecule has 1 amide bonds. The van der Waals surface area contributed by atoms with Gasteiger partial charge in [-0.15, -0.1) is 0 Å². The zero-order valence-corrected chi connectivity index (χ0v) is 24.2. The molecule has 0 saturated heterocycles. The molecule has 220 valence electrons. The standard InChI is InChI=1S/C33H41NO7/c1-4-39-31(32(35)36)23-26-11-15-29(16-12-26)40-22-20-34(19-8-21-38-24-27-9-6-5-7-10-27)33(37)41-30-17-13-28(14-18-30)25(2)3/h5-7,9-18,25,31H,4,8,19-24H2,1-3H3,(H,35,36). The quantitative estimate of drug-likeness (QED) is 0.192. The lowest BCUT2D eigenvalue weighted by molar-refractivity contribution is -0.149. The molecular formula is C33H41NO7. The van der Waals surface area contributed by atoms with Gasteiger partial charge in [0.2, 0.25) is 0 Å². The van der Waals surface area contributed by atoms with Crippen LogP contribution in [0.15, 0.2) is 78.9 Å². The number of carboxylic acid groups (broad SMARTS) is 1. The van der Waals surface area contributed by atoms with Crippen LogP contribution in [-0.2, 0) is 27.3 Å². The Bertz CT molecular complexity index is 1180. The third kappa shape index (κ3) is 11.3. The van der Waals surface area contributed by atoms with Crippen molar-refractivity contribution in [3.05, 3.63) is 95.6 Å². The average Bonchev–Trinajstić information content (AvgIpc) is 2.97. The first-order chi connectivity index (χ1) is 19.9.